The summed E-state index contributed by atoms with van der Waals surface area (Å²) in [5.74, 6) is -5.40. The van der Waals surface area contributed by atoms with Gasteiger partial charge in [0.2, 0.25) is 5.91 Å². The van der Waals surface area contributed by atoms with Gasteiger partial charge in [0.1, 0.15) is 0 Å². The number of halogens is 3. The van der Waals surface area contributed by atoms with E-state index >= 15 is 0 Å². The van der Waals surface area contributed by atoms with Crippen LogP contribution in [-0.2, 0) is 11.2 Å². The van der Waals surface area contributed by atoms with Crippen molar-refractivity contribution in [3.63, 3.8) is 0 Å². The van der Waals surface area contributed by atoms with Crippen LogP contribution < -0.4 is 5.32 Å². The van der Waals surface area contributed by atoms with E-state index in [0.29, 0.717) is 11.8 Å². The summed E-state index contributed by atoms with van der Waals surface area (Å²) in [6, 6.07) is 8.09. The highest BCUT2D eigenvalue weighted by molar-refractivity contribution is 6.04. The van der Waals surface area contributed by atoms with Crippen LogP contribution in [0.3, 0.4) is 0 Å². The third-order valence-corrected chi connectivity index (χ3v) is 4.31. The van der Waals surface area contributed by atoms with Gasteiger partial charge in [-0.1, -0.05) is 12.1 Å². The molecule has 2 amide bonds. The van der Waals surface area contributed by atoms with E-state index < -0.39 is 28.9 Å². The van der Waals surface area contributed by atoms with Gasteiger partial charge in [0.25, 0.3) is 5.91 Å². The molecule has 136 valence electrons. The molecular formula is C19H17F3N2O2. The summed E-state index contributed by atoms with van der Waals surface area (Å²) in [6.07, 6.45) is 2.32. The minimum absolute atomic E-state index is 0.0585. The molecule has 1 saturated heterocycles. The SMILES string of the molecule is O=C(Nc1ccc(CC(=O)N2CCCC2)cc1)c1ccc(F)c(F)c1F. The molecule has 1 aliphatic heterocycles. The van der Waals surface area contributed by atoms with E-state index in [0.717, 1.165) is 37.6 Å². The molecule has 4 nitrogen and oxygen atoms in total. The number of nitrogens with zero attached hydrogens (tertiary/aromatic N) is 1. The molecule has 0 bridgehead atoms. The lowest BCUT2D eigenvalue weighted by Crippen LogP contribution is -2.29. The van der Waals surface area contributed by atoms with E-state index in [1.165, 1.54) is 0 Å². The standard InChI is InChI=1S/C19H17F3N2O2/c20-15-8-7-14(17(21)18(15)22)19(26)23-13-5-3-12(4-6-13)11-16(25)24-9-1-2-10-24/h3-8H,1-2,9-11H2,(H,23,26). The van der Waals surface area contributed by atoms with Crippen molar-refractivity contribution in [3.8, 4) is 0 Å². The lowest BCUT2D eigenvalue weighted by Gasteiger charge is -2.15. The molecule has 0 atom stereocenters. The fourth-order valence-electron chi connectivity index (χ4n) is 2.86. The molecule has 0 aromatic heterocycles. The number of amides is 2. The van der Waals surface area contributed by atoms with Gasteiger partial charge in [-0.2, -0.15) is 0 Å². The molecule has 2 aromatic rings. The number of rotatable bonds is 4. The molecule has 7 heteroatoms. The minimum Gasteiger partial charge on any atom is -0.342 e. The third-order valence-electron chi connectivity index (χ3n) is 4.31. The van der Waals surface area contributed by atoms with Crippen LogP contribution in [0.5, 0.6) is 0 Å². The van der Waals surface area contributed by atoms with Gasteiger partial charge in [-0.15, -0.1) is 0 Å². The van der Waals surface area contributed by atoms with Crippen molar-refractivity contribution < 1.29 is 22.8 Å². The molecule has 0 spiro atoms. The second-order valence-electron chi connectivity index (χ2n) is 6.14. The van der Waals surface area contributed by atoms with E-state index in [2.05, 4.69) is 5.32 Å². The van der Waals surface area contributed by atoms with E-state index in [4.69, 9.17) is 0 Å². The Morgan fingerprint density at radius 2 is 1.58 bits per heavy atom. The van der Waals surface area contributed by atoms with Crippen LogP contribution >= 0.6 is 0 Å². The summed E-state index contributed by atoms with van der Waals surface area (Å²) in [7, 11) is 0. The average Bonchev–Trinajstić information content (AvgIpc) is 3.16. The maximum Gasteiger partial charge on any atom is 0.258 e. The number of carbonyl (C=O) groups is 2. The van der Waals surface area contributed by atoms with Gasteiger partial charge in [0.15, 0.2) is 17.5 Å². The molecule has 1 N–H and O–H groups in total. The fourth-order valence-corrected chi connectivity index (χ4v) is 2.86. The van der Waals surface area contributed by atoms with Crippen LogP contribution in [0.15, 0.2) is 36.4 Å². The first-order valence-corrected chi connectivity index (χ1v) is 8.27. The van der Waals surface area contributed by atoms with Crippen molar-refractivity contribution in [3.05, 3.63) is 65.0 Å². The molecule has 0 unspecified atom stereocenters. The zero-order valence-electron chi connectivity index (χ0n) is 13.9. The topological polar surface area (TPSA) is 49.4 Å². The Bertz CT molecular complexity index is 831. The minimum atomic E-state index is -1.69. The Labute approximate surface area is 148 Å². The lowest BCUT2D eigenvalue weighted by molar-refractivity contribution is -0.129. The molecule has 1 fully saturated rings. The monoisotopic (exact) mass is 362 g/mol. The maximum atomic E-state index is 13.7. The van der Waals surface area contributed by atoms with Crippen LogP contribution in [0.1, 0.15) is 28.8 Å². The highest BCUT2D eigenvalue weighted by Crippen LogP contribution is 2.18. The quantitative estimate of drug-likeness (QED) is 0.846. The number of carbonyl (C=O) groups excluding carboxylic acids is 2. The van der Waals surface area contributed by atoms with E-state index in [1.54, 1.807) is 24.3 Å². The Hall–Kier alpha value is -2.83. The van der Waals surface area contributed by atoms with Crippen molar-refractivity contribution in [1.29, 1.82) is 0 Å². The highest BCUT2D eigenvalue weighted by atomic mass is 19.2. The summed E-state index contributed by atoms with van der Waals surface area (Å²) in [5, 5.41) is 2.42. The molecule has 0 aliphatic carbocycles. The van der Waals surface area contributed by atoms with Crippen molar-refractivity contribution in [2.24, 2.45) is 0 Å². The van der Waals surface area contributed by atoms with Gasteiger partial charge in [0, 0.05) is 18.8 Å². The van der Waals surface area contributed by atoms with E-state index in [9.17, 15) is 22.8 Å². The van der Waals surface area contributed by atoms with Crippen molar-refractivity contribution in [1.82, 2.24) is 4.90 Å². The first-order chi connectivity index (χ1) is 12.5. The number of likely N-dealkylation sites (tertiary alicyclic amines) is 1. The highest BCUT2D eigenvalue weighted by Gasteiger charge is 2.20. The number of benzene rings is 2. The zero-order valence-corrected chi connectivity index (χ0v) is 13.9. The van der Waals surface area contributed by atoms with Gasteiger partial charge in [-0.25, -0.2) is 13.2 Å². The first-order valence-electron chi connectivity index (χ1n) is 8.27. The number of hydrogen-bond acceptors (Lipinski definition) is 2. The Morgan fingerprint density at radius 1 is 0.923 bits per heavy atom. The van der Waals surface area contributed by atoms with Crippen molar-refractivity contribution >= 4 is 17.5 Å². The molecule has 2 aromatic carbocycles. The van der Waals surface area contributed by atoms with Gasteiger partial charge < -0.3 is 10.2 Å². The summed E-state index contributed by atoms with van der Waals surface area (Å²) in [5.41, 5.74) is 0.563. The Balaban J connectivity index is 1.64. The van der Waals surface area contributed by atoms with Gasteiger partial charge in [0.05, 0.1) is 12.0 Å². The van der Waals surface area contributed by atoms with Crippen LogP contribution in [0.2, 0.25) is 0 Å². The summed E-state index contributed by atoms with van der Waals surface area (Å²) in [4.78, 5) is 26.0. The number of nitrogens with one attached hydrogen (secondary N) is 1. The normalized spacial score (nSPS) is 13.7. The average molecular weight is 362 g/mol. The molecule has 1 heterocycles. The Morgan fingerprint density at radius 3 is 2.23 bits per heavy atom. The summed E-state index contributed by atoms with van der Waals surface area (Å²) >= 11 is 0. The maximum absolute atomic E-state index is 13.7. The van der Waals surface area contributed by atoms with Gasteiger partial charge >= 0.3 is 0 Å². The third kappa shape index (κ3) is 3.87. The van der Waals surface area contributed by atoms with E-state index in [-0.39, 0.29) is 12.3 Å². The number of anilines is 1. The summed E-state index contributed by atoms with van der Waals surface area (Å²) in [6.45, 7) is 1.57. The largest absolute Gasteiger partial charge is 0.342 e. The second-order valence-corrected chi connectivity index (χ2v) is 6.14. The van der Waals surface area contributed by atoms with E-state index in [1.807, 2.05) is 4.90 Å². The predicted molar refractivity (Wildman–Crippen MR) is 90.2 cm³/mol. The zero-order chi connectivity index (χ0) is 18.7. The molecule has 3 rings (SSSR count). The number of hydrogen-bond donors (Lipinski definition) is 1. The van der Waals surface area contributed by atoms with Crippen LogP contribution in [-0.4, -0.2) is 29.8 Å². The van der Waals surface area contributed by atoms with Gasteiger partial charge in [-0.05, 0) is 42.7 Å². The molecule has 0 saturated carbocycles. The second kappa shape index (κ2) is 7.59. The Kier molecular flexibility index (Phi) is 5.25. The molecule has 1 aliphatic rings. The van der Waals surface area contributed by atoms with Crippen LogP contribution in [0, 0.1) is 17.5 Å². The van der Waals surface area contributed by atoms with Crippen LogP contribution in [0.4, 0.5) is 18.9 Å². The molecular weight excluding hydrogens is 345 g/mol. The van der Waals surface area contributed by atoms with Crippen molar-refractivity contribution in [2.75, 3.05) is 18.4 Å². The molecule has 0 radical (unpaired) electrons. The molecule has 26 heavy (non-hydrogen) atoms. The predicted octanol–water partition coefficient (Wildman–Crippen LogP) is 3.52. The van der Waals surface area contributed by atoms with Crippen molar-refractivity contribution in [2.45, 2.75) is 19.3 Å². The fraction of sp³-hybridized carbons (Fsp3) is 0.263. The smallest absolute Gasteiger partial charge is 0.258 e. The summed E-state index contributed by atoms with van der Waals surface area (Å²) < 4.78 is 39.8. The lowest BCUT2D eigenvalue weighted by atomic mass is 10.1. The van der Waals surface area contributed by atoms with Crippen LogP contribution in [0.25, 0.3) is 0 Å². The first kappa shape index (κ1) is 18.0. The van der Waals surface area contributed by atoms with Gasteiger partial charge in [-0.3, -0.25) is 9.59 Å².